The monoisotopic (exact) mass is 379 g/mol. The Morgan fingerprint density at radius 1 is 1.07 bits per heavy atom. The number of Topliss-reactive ketones (excluding diaryl/α,β-unsaturated/α-hetero) is 1. The number of aldehydes is 1. The van der Waals surface area contributed by atoms with Gasteiger partial charge in [0.25, 0.3) is 0 Å². The molecule has 2 aliphatic rings. The number of rotatable bonds is 7. The number of urea groups is 1. The lowest BCUT2D eigenvalue weighted by Crippen LogP contribution is -2.59. The van der Waals surface area contributed by atoms with Crippen LogP contribution in [0.25, 0.3) is 0 Å². The van der Waals surface area contributed by atoms with E-state index in [1.165, 1.54) is 0 Å². The Bertz CT molecular complexity index is 593. The maximum atomic E-state index is 13.0. The summed E-state index contributed by atoms with van der Waals surface area (Å²) in [4.78, 5) is 50.9. The number of hydrogen-bond acceptors (Lipinski definition) is 4. The molecule has 27 heavy (non-hydrogen) atoms. The maximum Gasteiger partial charge on any atom is 0.316 e. The third-order valence-electron chi connectivity index (χ3n) is 5.37. The molecule has 152 valence electrons. The fraction of sp³-hybridized carbons (Fsp3) is 0.800. The summed E-state index contributed by atoms with van der Waals surface area (Å²) in [7, 11) is 0. The van der Waals surface area contributed by atoms with Crippen LogP contribution in [0.15, 0.2) is 0 Å². The van der Waals surface area contributed by atoms with Gasteiger partial charge >= 0.3 is 6.03 Å². The van der Waals surface area contributed by atoms with Crippen molar-refractivity contribution in [3.05, 3.63) is 0 Å². The highest BCUT2D eigenvalue weighted by Gasteiger charge is 2.41. The highest BCUT2D eigenvalue weighted by Crippen LogP contribution is 2.32. The van der Waals surface area contributed by atoms with Gasteiger partial charge in [0.1, 0.15) is 12.3 Å². The van der Waals surface area contributed by atoms with Crippen molar-refractivity contribution in [2.24, 2.45) is 17.3 Å². The summed E-state index contributed by atoms with van der Waals surface area (Å²) in [6, 6.07) is -2.27. The maximum absolute atomic E-state index is 13.0. The van der Waals surface area contributed by atoms with Crippen molar-refractivity contribution in [3.63, 3.8) is 0 Å². The van der Waals surface area contributed by atoms with Crippen LogP contribution in [0.4, 0.5) is 4.79 Å². The molecule has 0 spiro atoms. The highest BCUT2D eigenvalue weighted by atomic mass is 16.2. The Morgan fingerprint density at radius 3 is 2.19 bits per heavy atom. The van der Waals surface area contributed by atoms with E-state index in [9.17, 15) is 19.2 Å². The zero-order chi connectivity index (χ0) is 20.4. The van der Waals surface area contributed by atoms with E-state index in [-0.39, 0.29) is 23.5 Å². The summed E-state index contributed by atoms with van der Waals surface area (Å²) in [6.45, 7) is 9.94. The Labute approximate surface area is 161 Å². The van der Waals surface area contributed by atoms with E-state index < -0.39 is 29.6 Å². The van der Waals surface area contributed by atoms with E-state index in [1.807, 2.05) is 34.6 Å². The molecule has 0 aromatic carbocycles. The quantitative estimate of drug-likeness (QED) is 0.660. The molecule has 1 heterocycles. The average Bonchev–Trinajstić information content (AvgIpc) is 3.32. The number of nitrogens with zero attached hydrogens (tertiary/aromatic N) is 1. The Kier molecular flexibility index (Phi) is 6.65. The summed E-state index contributed by atoms with van der Waals surface area (Å²) in [5, 5.41) is 5.54. The molecule has 1 aliphatic carbocycles. The molecule has 2 N–H and O–H groups in total. The Morgan fingerprint density at radius 2 is 1.70 bits per heavy atom. The molecule has 3 amide bonds. The second kappa shape index (κ2) is 8.40. The summed E-state index contributed by atoms with van der Waals surface area (Å²) >= 11 is 0. The van der Waals surface area contributed by atoms with Crippen LogP contribution < -0.4 is 10.6 Å². The SMILES string of the molecule is CC(C)C(NC(=O)NC(C(=O)N1CCCC1C=O)C(C)(C)C)C(=O)C1CC1. The van der Waals surface area contributed by atoms with E-state index in [1.54, 1.807) is 4.90 Å². The van der Waals surface area contributed by atoms with Gasteiger partial charge in [-0.05, 0) is 37.0 Å². The van der Waals surface area contributed by atoms with Gasteiger partial charge in [0.2, 0.25) is 5.91 Å². The van der Waals surface area contributed by atoms with E-state index in [0.717, 1.165) is 25.5 Å². The van der Waals surface area contributed by atoms with Crippen molar-refractivity contribution < 1.29 is 19.2 Å². The van der Waals surface area contributed by atoms with Gasteiger partial charge in [-0.2, -0.15) is 0 Å². The predicted molar refractivity (Wildman–Crippen MR) is 102 cm³/mol. The van der Waals surface area contributed by atoms with Gasteiger partial charge in [-0.1, -0.05) is 34.6 Å². The summed E-state index contributed by atoms with van der Waals surface area (Å²) in [5.74, 6) is -0.150. The first-order chi connectivity index (χ1) is 12.6. The van der Waals surface area contributed by atoms with E-state index in [4.69, 9.17) is 0 Å². The molecule has 1 saturated heterocycles. The van der Waals surface area contributed by atoms with Crippen molar-refractivity contribution in [2.75, 3.05) is 6.54 Å². The fourth-order valence-electron chi connectivity index (χ4n) is 3.52. The van der Waals surface area contributed by atoms with E-state index >= 15 is 0 Å². The first-order valence-corrected chi connectivity index (χ1v) is 9.92. The van der Waals surface area contributed by atoms with Gasteiger partial charge in [0, 0.05) is 12.5 Å². The Balaban J connectivity index is 2.08. The number of carbonyl (C=O) groups excluding carboxylic acids is 4. The summed E-state index contributed by atoms with van der Waals surface area (Å²) in [6.07, 6.45) is 4.01. The standard InChI is InChI=1S/C20H33N3O4/c1-12(2)15(16(25)13-8-9-13)21-19(27)22-17(20(3,4)5)18(26)23-10-6-7-14(23)11-24/h11-15,17H,6-10H2,1-5H3,(H2,21,22,27). The zero-order valence-electron chi connectivity index (χ0n) is 17.1. The number of nitrogens with one attached hydrogen (secondary N) is 2. The smallest absolute Gasteiger partial charge is 0.316 e. The number of amides is 3. The van der Waals surface area contributed by atoms with Crippen molar-refractivity contribution in [1.82, 2.24) is 15.5 Å². The highest BCUT2D eigenvalue weighted by molar-refractivity contribution is 5.94. The van der Waals surface area contributed by atoms with Gasteiger partial charge in [0.15, 0.2) is 5.78 Å². The second-order valence-corrected chi connectivity index (χ2v) is 9.19. The normalized spacial score (nSPS) is 22.3. The van der Waals surface area contributed by atoms with E-state index in [2.05, 4.69) is 10.6 Å². The minimum atomic E-state index is -0.776. The third kappa shape index (κ3) is 5.30. The molecule has 0 aromatic rings. The first kappa shape index (κ1) is 21.4. The molecule has 3 atom stereocenters. The van der Waals surface area contributed by atoms with Gasteiger partial charge in [0.05, 0.1) is 12.1 Å². The molecule has 7 nitrogen and oxygen atoms in total. The van der Waals surface area contributed by atoms with E-state index in [0.29, 0.717) is 13.0 Å². The van der Waals surface area contributed by atoms with Crippen LogP contribution in [0.3, 0.4) is 0 Å². The molecule has 2 fully saturated rings. The third-order valence-corrected chi connectivity index (χ3v) is 5.37. The molecule has 1 saturated carbocycles. The molecule has 0 radical (unpaired) electrons. The summed E-state index contributed by atoms with van der Waals surface area (Å²) in [5.41, 5.74) is -0.529. The number of hydrogen-bond donors (Lipinski definition) is 2. The number of carbonyl (C=O) groups is 4. The largest absolute Gasteiger partial charge is 0.331 e. The van der Waals surface area contributed by atoms with Crippen molar-refractivity contribution >= 4 is 24.0 Å². The van der Waals surface area contributed by atoms with Crippen LogP contribution >= 0.6 is 0 Å². The van der Waals surface area contributed by atoms with Crippen LogP contribution in [-0.4, -0.2) is 53.6 Å². The minimum absolute atomic E-state index is 0.0225. The fourth-order valence-corrected chi connectivity index (χ4v) is 3.52. The van der Waals surface area contributed by atoms with Gasteiger partial charge in [-0.25, -0.2) is 4.79 Å². The van der Waals surface area contributed by atoms with Crippen LogP contribution in [0.5, 0.6) is 0 Å². The lowest BCUT2D eigenvalue weighted by molar-refractivity contribution is -0.138. The van der Waals surface area contributed by atoms with Crippen molar-refractivity contribution in [1.29, 1.82) is 0 Å². The topological polar surface area (TPSA) is 95.6 Å². The second-order valence-electron chi connectivity index (χ2n) is 9.19. The van der Waals surface area contributed by atoms with Crippen molar-refractivity contribution in [3.8, 4) is 0 Å². The van der Waals surface area contributed by atoms with Crippen LogP contribution in [0, 0.1) is 17.3 Å². The molecule has 7 heteroatoms. The number of likely N-dealkylation sites (tertiary alicyclic amines) is 1. The van der Waals surface area contributed by atoms with Crippen LogP contribution in [0.2, 0.25) is 0 Å². The van der Waals surface area contributed by atoms with Gasteiger partial charge in [-0.3, -0.25) is 9.59 Å². The van der Waals surface area contributed by atoms with Crippen molar-refractivity contribution in [2.45, 2.75) is 78.4 Å². The molecular formula is C20H33N3O4. The molecule has 0 bridgehead atoms. The molecule has 2 rings (SSSR count). The zero-order valence-corrected chi connectivity index (χ0v) is 17.1. The number of ketones is 1. The summed E-state index contributed by atoms with van der Waals surface area (Å²) < 4.78 is 0. The molecule has 0 aromatic heterocycles. The van der Waals surface area contributed by atoms with Gasteiger partial charge < -0.3 is 20.3 Å². The van der Waals surface area contributed by atoms with Crippen LogP contribution in [-0.2, 0) is 14.4 Å². The predicted octanol–water partition coefficient (Wildman–Crippen LogP) is 1.89. The average molecular weight is 380 g/mol. The lowest BCUT2D eigenvalue weighted by atomic mass is 9.85. The molecule has 3 unspecified atom stereocenters. The minimum Gasteiger partial charge on any atom is -0.331 e. The lowest BCUT2D eigenvalue weighted by Gasteiger charge is -2.35. The molecular weight excluding hydrogens is 346 g/mol. The van der Waals surface area contributed by atoms with Gasteiger partial charge in [-0.15, -0.1) is 0 Å². The van der Waals surface area contributed by atoms with Crippen LogP contribution in [0.1, 0.15) is 60.3 Å². The first-order valence-electron chi connectivity index (χ1n) is 9.92. The Hall–Kier alpha value is -1.92. The molecule has 1 aliphatic heterocycles.